The molecule has 8 N–H and O–H groups in total. The molecule has 2 unspecified atom stereocenters. The Morgan fingerprint density at radius 3 is 1.23 bits per heavy atom. The van der Waals surface area contributed by atoms with Crippen LogP contribution in [0.1, 0.15) is 95.1 Å². The Balaban J connectivity index is 0.000000248. The molecular weight excluding hydrogens is 2940 g/mol. The summed E-state index contributed by atoms with van der Waals surface area (Å²) in [6.45, 7) is 9.20. The van der Waals surface area contributed by atoms with Gasteiger partial charge in [0.1, 0.15) is 38.1 Å². The third-order valence-electron chi connectivity index (χ3n) is 13.3. The van der Waals surface area contributed by atoms with Crippen LogP contribution in [0.25, 0.3) is 0 Å². The zero-order valence-electron chi connectivity index (χ0n) is 48.9. The number of hydrogen-bond donors (Lipinski definition) is 7. The minimum atomic E-state index is -3.20. The van der Waals surface area contributed by atoms with Crippen molar-refractivity contribution in [2.75, 3.05) is 46.9 Å². The van der Waals surface area contributed by atoms with Gasteiger partial charge in [-0.15, -0.1) is 0 Å². The molecule has 10 heterocycles. The van der Waals surface area contributed by atoms with Gasteiger partial charge >= 0.3 is 207 Å². The maximum atomic E-state index is 12.6. The fourth-order valence-electron chi connectivity index (χ4n) is 9.74. The topological polar surface area (TPSA) is 303 Å². The van der Waals surface area contributed by atoms with E-state index in [0.717, 1.165) is 74.9 Å². The molecule has 91 heavy (non-hydrogen) atoms. The molecular formula is C46H65Cl6I14N19O4S2. The number of rotatable bonds is 14. The third-order valence-corrected chi connectivity index (χ3v) is 514. The summed E-state index contributed by atoms with van der Waals surface area (Å²) in [5, 5.41) is 30.9. The number of aryl methyl sites for hydroxylation is 3. The molecule has 4 saturated heterocycles. The quantitative estimate of drug-likeness (QED) is 0.0303. The summed E-state index contributed by atoms with van der Waals surface area (Å²) in [7, 11) is -3.93. The molecule has 6 aromatic heterocycles. The van der Waals surface area contributed by atoms with Crippen LogP contribution in [0, 0.1) is 20.8 Å². The number of hydrogen-bond acceptors (Lipinski definition) is 18. The second-order valence-electron chi connectivity index (χ2n) is 19.5. The van der Waals surface area contributed by atoms with Gasteiger partial charge in [-0.3, -0.25) is 15.3 Å². The number of halogens is 20. The summed E-state index contributed by atoms with van der Waals surface area (Å²) >= 11 is 58.1. The summed E-state index contributed by atoms with van der Waals surface area (Å²) in [5.74, 6) is 3.84. The van der Waals surface area contributed by atoms with Gasteiger partial charge in [0, 0.05) is 96.8 Å². The van der Waals surface area contributed by atoms with Crippen LogP contribution in [0.3, 0.4) is 0 Å². The van der Waals surface area contributed by atoms with Crippen LogP contribution in [-0.2, 0) is 20.0 Å². The van der Waals surface area contributed by atoms with Crippen LogP contribution in [0.5, 0.6) is 0 Å². The molecule has 0 spiro atoms. The summed E-state index contributed by atoms with van der Waals surface area (Å²) < 4.78 is 53.0. The number of nitrogens with two attached hydrogens (primary N) is 1. The van der Waals surface area contributed by atoms with E-state index in [-0.39, 0.29) is 107 Å². The number of sulfonamides is 2. The fraction of sp³-hybridized carbons (Fsp3) is 0.543. The number of nitrogens with zero attached hydrogens (tertiary/aromatic N) is 12. The summed E-state index contributed by atoms with van der Waals surface area (Å²) in [6.07, 6.45) is 9.63. The molecule has 45 heteroatoms. The van der Waals surface area contributed by atoms with Crippen molar-refractivity contribution in [1.29, 1.82) is 0 Å². The number of piperidine rings is 4. The number of fused-ring (bicyclic) bond motifs is 4. The van der Waals surface area contributed by atoms with Crippen molar-refractivity contribution < 1.29 is 16.8 Å². The van der Waals surface area contributed by atoms with E-state index in [1.165, 1.54) is 12.5 Å². The normalized spacial score (nSPS) is 20.1. The number of anilines is 6. The van der Waals surface area contributed by atoms with Gasteiger partial charge < -0.3 is 26.6 Å². The number of aromatic amines is 3. The van der Waals surface area contributed by atoms with Crippen molar-refractivity contribution in [3.05, 3.63) is 84.7 Å². The van der Waals surface area contributed by atoms with E-state index < -0.39 is 20.0 Å². The molecule has 0 aliphatic carbocycles. The van der Waals surface area contributed by atoms with E-state index in [9.17, 15) is 16.8 Å². The summed E-state index contributed by atoms with van der Waals surface area (Å²) in [5.41, 5.74) is 8.12. The molecule has 0 aromatic carbocycles. The van der Waals surface area contributed by atoms with E-state index in [0.29, 0.717) is 46.2 Å². The average Bonchev–Trinajstić information content (AvgIpc) is 1.71. The van der Waals surface area contributed by atoms with Crippen molar-refractivity contribution in [3.63, 3.8) is 0 Å². The predicted molar refractivity (Wildman–Crippen MR) is 502 cm³/mol. The molecule has 10 rings (SSSR count). The Kier molecular flexibility index (Phi) is 44.5. The Hall–Kier alpha value is 5.81. The molecule has 23 nitrogen and oxygen atoms in total. The average molecular weight is 3000 g/mol. The Morgan fingerprint density at radius 2 is 0.912 bits per heavy atom. The van der Waals surface area contributed by atoms with Crippen LogP contribution in [0.4, 0.5) is 35.0 Å². The van der Waals surface area contributed by atoms with Crippen molar-refractivity contribution in [2.45, 2.75) is 135 Å². The Morgan fingerprint density at radius 1 is 0.549 bits per heavy atom. The second kappa shape index (κ2) is 45.3. The van der Waals surface area contributed by atoms with Gasteiger partial charge in [0.05, 0.1) is 11.5 Å². The van der Waals surface area contributed by atoms with Crippen LogP contribution < -0.4 is 26.6 Å². The Labute approximate surface area is 674 Å². The standard InChI is InChI=1S/C19H28ClN7O2S.C11H22N2O2S.C8H7Cl2N5.C4HCl3N2.C4H7N3.I10.I4/c1-4-30(28,29)27-13-6-5-7-14(27)10-15(9-13)26(3)19-21-16(20)11-17(23-19)22-18-8-12(2)24-25-18;1-3-16(14,15)13-10-5-4-6-11(13)8-9(7-10)12-2;1-4-2-7(15-14-4)12-6-3-5(9)11-8(10)13-6;5-2-1-3(6)9-4(7)8-2;1-3-2-4(5)7-6-3;1-7(2)9(5)10(6)8(3)4;1-4(2)3/h8,11,13-15H,4-7,9-10H2,1-3H3,(H2,21,22,23,24,25);9-12H,3-8H2,1-2H3;2-3H,1H3,(H2,11,12,13,14,15);1H;2H,1H3,(H3,5,6,7);;/t13-,14+,15?;9?,10-,11+;;;;;. The molecule has 4 aliphatic rings. The number of aromatic nitrogens is 12. The zero-order valence-corrected chi connectivity index (χ0v) is 85.2. The van der Waals surface area contributed by atoms with Crippen molar-refractivity contribution >= 4 is 332 Å². The molecule has 4 aliphatic heterocycles. The molecule has 6 atom stereocenters. The van der Waals surface area contributed by atoms with E-state index in [1.807, 2.05) is 56.2 Å². The summed E-state index contributed by atoms with van der Waals surface area (Å²) in [4.78, 5) is 25.9. The van der Waals surface area contributed by atoms with Crippen molar-refractivity contribution in [3.8, 4) is 0 Å². The minimum absolute atomic E-state index is 0.0405. The van der Waals surface area contributed by atoms with Gasteiger partial charge in [-0.2, -0.15) is 28.9 Å². The number of nitrogen functional groups attached to an aromatic ring is 1. The zero-order chi connectivity index (χ0) is 68.1. The van der Waals surface area contributed by atoms with Gasteiger partial charge in [0.25, 0.3) is 0 Å². The first kappa shape index (κ1) is 89.2. The van der Waals surface area contributed by atoms with Crippen LogP contribution in [0.15, 0.2) is 36.4 Å². The first-order valence-electron chi connectivity index (χ1n) is 26.5. The van der Waals surface area contributed by atoms with Gasteiger partial charge in [0.15, 0.2) is 11.6 Å². The van der Waals surface area contributed by atoms with E-state index in [4.69, 9.17) is 75.3 Å². The maximum absolute atomic E-state index is 12.6. The molecule has 6 aromatic rings. The van der Waals surface area contributed by atoms with E-state index >= 15 is 0 Å². The number of nitrogens with one attached hydrogen (secondary N) is 6. The van der Waals surface area contributed by atoms with Crippen LogP contribution in [0.2, 0.25) is 31.2 Å². The van der Waals surface area contributed by atoms with Gasteiger partial charge in [-0.05, 0) is 116 Å². The first-order chi connectivity index (χ1) is 42.6. The van der Waals surface area contributed by atoms with E-state index in [2.05, 4.69) is 244 Å². The predicted octanol–water partition coefficient (Wildman–Crippen LogP) is 21.7. The van der Waals surface area contributed by atoms with Crippen molar-refractivity contribution in [1.82, 2.24) is 74.4 Å². The molecule has 0 radical (unpaired) electrons. The van der Waals surface area contributed by atoms with E-state index in [1.54, 1.807) is 36.4 Å². The molecule has 4 bridgehead atoms. The molecule has 520 valence electrons. The molecule has 0 saturated carbocycles. The third kappa shape index (κ3) is 32.6. The van der Waals surface area contributed by atoms with Crippen molar-refractivity contribution in [2.24, 2.45) is 0 Å². The number of H-pyrrole nitrogens is 3. The van der Waals surface area contributed by atoms with Crippen LogP contribution in [-0.4, -0.2) is 148 Å². The Bertz CT molecular complexity index is 3290. The first-order valence-corrected chi connectivity index (χ1v) is 107. The molecule has 0 amide bonds. The van der Waals surface area contributed by atoms with Gasteiger partial charge in [-0.25, -0.2) is 41.8 Å². The van der Waals surface area contributed by atoms with Gasteiger partial charge in [0.2, 0.25) is 36.6 Å². The molecule has 4 fully saturated rings. The van der Waals surface area contributed by atoms with Crippen LogP contribution >= 0.6 is 277 Å². The SMILES string of the molecule is CCS(=O)(=O)N1[C@@H]2CCC[C@H]1CC(N(C)c1nc(Cl)cc(Nc3cc(C)[nH]n3)n1)C2.CCS(=O)(=O)N1[C@@H]2CCC[C@H]1CC(NC)C2.Cc1cc(N)n[nH]1.Cc1cc(Nc2cc(Cl)nc(Cl)n2)n[nH]1.Clc1cc(Cl)nc(Cl)n1.II(I)I.II(I)I(I)I(I)I(I)I. The van der Waals surface area contributed by atoms with Gasteiger partial charge in [-0.1, -0.05) is 59.2 Å². The monoisotopic (exact) mass is 3000 g/mol. The fourth-order valence-corrected chi connectivity index (χ4v) is 852. The summed E-state index contributed by atoms with van der Waals surface area (Å²) in [6, 6.07) is 11.4. The second-order valence-corrected chi connectivity index (χ2v) is 270.